The Bertz CT molecular complexity index is 1100. The van der Waals surface area contributed by atoms with Gasteiger partial charge in [0.15, 0.2) is 5.65 Å². The van der Waals surface area contributed by atoms with E-state index in [2.05, 4.69) is 30.1 Å². The number of carbonyl (C=O) groups is 1. The van der Waals surface area contributed by atoms with Crippen LogP contribution < -0.4 is 15.0 Å². The summed E-state index contributed by atoms with van der Waals surface area (Å²) in [6.45, 7) is 6.54. The van der Waals surface area contributed by atoms with Crippen molar-refractivity contribution >= 4 is 34.9 Å². The summed E-state index contributed by atoms with van der Waals surface area (Å²) in [5.74, 6) is 1.55. The number of H-pyrrole nitrogens is 1. The summed E-state index contributed by atoms with van der Waals surface area (Å²) in [7, 11) is 0. The van der Waals surface area contributed by atoms with E-state index in [9.17, 15) is 4.79 Å². The Kier molecular flexibility index (Phi) is 6.61. The van der Waals surface area contributed by atoms with Gasteiger partial charge in [-0.05, 0) is 30.7 Å². The minimum absolute atomic E-state index is 0.111. The van der Waals surface area contributed by atoms with Crippen molar-refractivity contribution in [3.8, 4) is 17.1 Å². The molecule has 33 heavy (non-hydrogen) atoms. The molecule has 2 aromatic heterocycles. The van der Waals surface area contributed by atoms with Crippen LogP contribution in [0.1, 0.15) is 6.42 Å². The molecule has 3 aromatic rings. The van der Waals surface area contributed by atoms with Gasteiger partial charge in [0.1, 0.15) is 23.7 Å². The van der Waals surface area contributed by atoms with Crippen molar-refractivity contribution in [1.82, 2.24) is 25.2 Å². The number of imidazole rings is 1. The predicted octanol–water partition coefficient (Wildman–Crippen LogP) is 2.31. The molecule has 1 aromatic carbocycles. The third-order valence-corrected chi connectivity index (χ3v) is 6.44. The Morgan fingerprint density at radius 1 is 1.24 bits per heavy atom. The molecule has 0 saturated carbocycles. The predicted molar refractivity (Wildman–Crippen MR) is 127 cm³/mol. The van der Waals surface area contributed by atoms with E-state index < -0.39 is 0 Å². The number of halogens is 1. The summed E-state index contributed by atoms with van der Waals surface area (Å²) >= 11 is 6.52. The lowest BCUT2D eigenvalue weighted by Gasteiger charge is -2.26. The van der Waals surface area contributed by atoms with Gasteiger partial charge in [-0.2, -0.15) is 0 Å². The highest BCUT2D eigenvalue weighted by molar-refractivity contribution is 6.34. The molecule has 5 rings (SSSR count). The Morgan fingerprint density at radius 2 is 2.06 bits per heavy atom. The maximum Gasteiger partial charge on any atom is 0.207 e. The van der Waals surface area contributed by atoms with Crippen LogP contribution in [0.3, 0.4) is 0 Å². The number of hydrogen-bond donors (Lipinski definition) is 2. The first-order valence-electron chi connectivity index (χ1n) is 11.2. The van der Waals surface area contributed by atoms with Gasteiger partial charge in [0.25, 0.3) is 0 Å². The number of hydrogen-bond acceptors (Lipinski definition) is 7. The molecule has 0 aliphatic carbocycles. The van der Waals surface area contributed by atoms with Crippen molar-refractivity contribution in [2.45, 2.75) is 12.5 Å². The standard InChI is InChI=1S/C23H27ClN6O3/c24-19-13-25-23-20(21(19)30-6-5-17(14-30)26-15-31)27-22(28-23)16-1-3-18(4-2-16)33-12-9-29-7-10-32-11-8-29/h1-4,13,15,17H,5-12,14H2,(H,26,31)(H,25,27,28). The molecule has 174 valence electrons. The quantitative estimate of drug-likeness (QED) is 0.488. The van der Waals surface area contributed by atoms with Crippen LogP contribution in [0.15, 0.2) is 30.5 Å². The molecule has 2 aliphatic rings. The van der Waals surface area contributed by atoms with Gasteiger partial charge < -0.3 is 24.7 Å². The summed E-state index contributed by atoms with van der Waals surface area (Å²) in [6.07, 6.45) is 3.25. The summed E-state index contributed by atoms with van der Waals surface area (Å²) in [5, 5.41) is 3.42. The number of morpholine rings is 1. The minimum Gasteiger partial charge on any atom is -0.492 e. The lowest BCUT2D eigenvalue weighted by Crippen LogP contribution is -2.38. The number of benzene rings is 1. The molecule has 1 unspecified atom stereocenters. The first kappa shape index (κ1) is 21.9. The third-order valence-electron chi connectivity index (χ3n) is 6.16. The number of carbonyl (C=O) groups excluding carboxylic acids is 1. The Hall–Kier alpha value is -2.88. The average Bonchev–Trinajstić information content (AvgIpc) is 3.48. The SMILES string of the molecule is O=CNC1CCN(c2c(Cl)cnc3nc(-c4ccc(OCCN5CCOCC5)cc4)[nH]c23)C1. The van der Waals surface area contributed by atoms with E-state index in [-0.39, 0.29) is 6.04 Å². The highest BCUT2D eigenvalue weighted by atomic mass is 35.5. The smallest absolute Gasteiger partial charge is 0.207 e. The lowest BCUT2D eigenvalue weighted by atomic mass is 10.2. The molecule has 10 heteroatoms. The molecule has 9 nitrogen and oxygen atoms in total. The first-order valence-corrected chi connectivity index (χ1v) is 11.6. The number of rotatable bonds is 8. The second kappa shape index (κ2) is 9.94. The number of aromatic nitrogens is 3. The maximum atomic E-state index is 10.8. The van der Waals surface area contributed by atoms with Crippen LogP contribution >= 0.6 is 11.6 Å². The van der Waals surface area contributed by atoms with Crippen molar-refractivity contribution in [1.29, 1.82) is 0 Å². The number of nitrogens with zero attached hydrogens (tertiary/aromatic N) is 4. The van der Waals surface area contributed by atoms with Crippen molar-refractivity contribution in [2.24, 2.45) is 0 Å². The Balaban J connectivity index is 1.29. The van der Waals surface area contributed by atoms with Crippen LogP contribution in [0.5, 0.6) is 5.75 Å². The molecule has 2 saturated heterocycles. The average molecular weight is 471 g/mol. The zero-order valence-corrected chi connectivity index (χ0v) is 19.1. The van der Waals surface area contributed by atoms with E-state index in [4.69, 9.17) is 21.1 Å². The van der Waals surface area contributed by atoms with Gasteiger partial charge >= 0.3 is 0 Å². The highest BCUT2D eigenvalue weighted by Gasteiger charge is 2.26. The first-order chi connectivity index (χ1) is 16.2. The summed E-state index contributed by atoms with van der Waals surface area (Å²) in [4.78, 5) is 27.8. The topological polar surface area (TPSA) is 95.6 Å². The third kappa shape index (κ3) is 4.90. The zero-order valence-electron chi connectivity index (χ0n) is 18.3. The molecule has 2 N–H and O–H groups in total. The van der Waals surface area contributed by atoms with E-state index in [0.29, 0.717) is 23.8 Å². The summed E-state index contributed by atoms with van der Waals surface area (Å²) in [6, 6.07) is 8.00. The van der Waals surface area contributed by atoms with Crippen molar-refractivity contribution in [3.63, 3.8) is 0 Å². The molecule has 0 radical (unpaired) electrons. The second-order valence-electron chi connectivity index (χ2n) is 8.28. The minimum atomic E-state index is 0.111. The second-order valence-corrected chi connectivity index (χ2v) is 8.69. The largest absolute Gasteiger partial charge is 0.492 e. The molecule has 0 spiro atoms. The van der Waals surface area contributed by atoms with Crippen LogP contribution in [0.2, 0.25) is 5.02 Å². The monoisotopic (exact) mass is 470 g/mol. The highest BCUT2D eigenvalue weighted by Crippen LogP contribution is 2.35. The molecule has 1 amide bonds. The molecule has 1 atom stereocenters. The number of ether oxygens (including phenoxy) is 2. The van der Waals surface area contributed by atoms with E-state index in [1.54, 1.807) is 6.20 Å². The number of nitrogens with one attached hydrogen (secondary N) is 2. The molecule has 0 bridgehead atoms. The summed E-state index contributed by atoms with van der Waals surface area (Å²) < 4.78 is 11.3. The summed E-state index contributed by atoms with van der Waals surface area (Å²) in [5.41, 5.74) is 3.23. The van der Waals surface area contributed by atoms with Gasteiger partial charge in [0.05, 0.1) is 30.1 Å². The van der Waals surface area contributed by atoms with E-state index in [1.807, 2.05) is 24.3 Å². The van der Waals surface area contributed by atoms with Gasteiger partial charge in [-0.15, -0.1) is 0 Å². The number of pyridine rings is 1. The van der Waals surface area contributed by atoms with Crippen molar-refractivity contribution < 1.29 is 14.3 Å². The van der Waals surface area contributed by atoms with Crippen LogP contribution in [0.4, 0.5) is 5.69 Å². The van der Waals surface area contributed by atoms with Crippen molar-refractivity contribution in [2.75, 3.05) is 57.4 Å². The molecular formula is C23H27ClN6O3. The van der Waals surface area contributed by atoms with Gasteiger partial charge in [-0.3, -0.25) is 9.69 Å². The Labute approximate surface area is 197 Å². The Morgan fingerprint density at radius 3 is 2.85 bits per heavy atom. The number of aromatic amines is 1. The number of amides is 1. The van der Waals surface area contributed by atoms with E-state index in [1.165, 1.54) is 0 Å². The number of fused-ring (bicyclic) bond motifs is 1. The fourth-order valence-corrected chi connectivity index (χ4v) is 4.65. The maximum absolute atomic E-state index is 10.8. The fraction of sp³-hybridized carbons (Fsp3) is 0.435. The van der Waals surface area contributed by atoms with Gasteiger partial charge in [0, 0.05) is 44.3 Å². The zero-order chi connectivity index (χ0) is 22.6. The normalized spacial score (nSPS) is 19.2. The number of anilines is 1. The van der Waals surface area contributed by atoms with Crippen molar-refractivity contribution in [3.05, 3.63) is 35.5 Å². The van der Waals surface area contributed by atoms with Crippen LogP contribution in [-0.4, -0.2) is 84.8 Å². The van der Waals surface area contributed by atoms with Crippen LogP contribution in [0.25, 0.3) is 22.6 Å². The van der Waals surface area contributed by atoms with Gasteiger partial charge in [-0.1, -0.05) is 11.6 Å². The van der Waals surface area contributed by atoms with Gasteiger partial charge in [-0.25, -0.2) is 9.97 Å². The molecule has 2 fully saturated rings. The molecule has 4 heterocycles. The van der Waals surface area contributed by atoms with E-state index >= 15 is 0 Å². The molecular weight excluding hydrogens is 444 g/mol. The fourth-order valence-electron chi connectivity index (χ4n) is 4.39. The molecule has 2 aliphatic heterocycles. The van der Waals surface area contributed by atoms with Gasteiger partial charge in [0.2, 0.25) is 6.41 Å². The van der Waals surface area contributed by atoms with Crippen LogP contribution in [-0.2, 0) is 9.53 Å². The van der Waals surface area contributed by atoms with Crippen LogP contribution in [0, 0.1) is 0 Å². The van der Waals surface area contributed by atoms with E-state index in [0.717, 1.165) is 80.6 Å². The lowest BCUT2D eigenvalue weighted by molar-refractivity contribution is -0.110.